The van der Waals surface area contributed by atoms with E-state index in [2.05, 4.69) is 0 Å². The van der Waals surface area contributed by atoms with Gasteiger partial charge in [0.2, 0.25) is 0 Å². The van der Waals surface area contributed by atoms with Gasteiger partial charge in [-0.15, -0.1) is 11.8 Å². The molecule has 1 spiro atoms. The molecule has 1 aromatic heterocycles. The molecule has 3 rings (SSSR count). The molecule has 2 aliphatic rings. The molecule has 3 heterocycles. The van der Waals surface area contributed by atoms with E-state index in [9.17, 15) is 4.79 Å². The predicted molar refractivity (Wildman–Crippen MR) is 74.6 cm³/mol. The quantitative estimate of drug-likeness (QED) is 0.853. The lowest BCUT2D eigenvalue weighted by atomic mass is 9.92. The van der Waals surface area contributed by atoms with Crippen LogP contribution in [0.4, 0.5) is 0 Å². The summed E-state index contributed by atoms with van der Waals surface area (Å²) in [5.74, 6) is 1.56. The van der Waals surface area contributed by atoms with Gasteiger partial charge in [-0.1, -0.05) is 0 Å². The Morgan fingerprint density at radius 3 is 3.05 bits per heavy atom. The molecule has 19 heavy (non-hydrogen) atoms. The highest BCUT2D eigenvalue weighted by atomic mass is 32.2. The van der Waals surface area contributed by atoms with E-state index in [1.807, 2.05) is 36.6 Å². The zero-order chi connectivity index (χ0) is 13.5. The molecule has 4 nitrogen and oxygen atoms in total. The molecule has 2 aliphatic heterocycles. The van der Waals surface area contributed by atoms with Gasteiger partial charge >= 0.3 is 0 Å². The van der Waals surface area contributed by atoms with Gasteiger partial charge in [-0.2, -0.15) is 0 Å². The van der Waals surface area contributed by atoms with Crippen molar-refractivity contribution in [3.8, 4) is 0 Å². The van der Waals surface area contributed by atoms with Crippen LogP contribution in [-0.2, 0) is 4.74 Å². The summed E-state index contributed by atoms with van der Waals surface area (Å²) >= 11 is 1.95. The number of aryl methyl sites for hydroxylation is 1. The van der Waals surface area contributed by atoms with E-state index >= 15 is 0 Å². The molecule has 1 atom stereocenters. The van der Waals surface area contributed by atoms with E-state index in [1.165, 1.54) is 0 Å². The maximum atomic E-state index is 12.2. The smallest absolute Gasteiger partial charge is 0.289 e. The van der Waals surface area contributed by atoms with Gasteiger partial charge < -0.3 is 14.1 Å². The van der Waals surface area contributed by atoms with Gasteiger partial charge in [0.15, 0.2) is 5.76 Å². The zero-order valence-electron chi connectivity index (χ0n) is 11.3. The average Bonchev–Trinajstić information content (AvgIpc) is 2.93. The number of likely N-dealkylation sites (tertiary alicyclic amines) is 1. The highest BCUT2D eigenvalue weighted by molar-refractivity contribution is 8.01. The molecule has 104 valence electrons. The van der Waals surface area contributed by atoms with Crippen molar-refractivity contribution >= 4 is 17.7 Å². The minimum absolute atomic E-state index is 0.0218. The lowest BCUT2D eigenvalue weighted by molar-refractivity contribution is 0.0340. The first-order valence-corrected chi connectivity index (χ1v) is 7.71. The Bertz CT molecular complexity index is 479. The lowest BCUT2D eigenvalue weighted by Crippen LogP contribution is -2.60. The fourth-order valence-corrected chi connectivity index (χ4v) is 4.45. The maximum Gasteiger partial charge on any atom is 0.289 e. The fraction of sp³-hybridized carbons (Fsp3) is 0.643. The van der Waals surface area contributed by atoms with Gasteiger partial charge in [-0.25, -0.2) is 0 Å². The molecule has 0 aromatic carbocycles. The summed E-state index contributed by atoms with van der Waals surface area (Å²) in [5, 5.41) is 0. The van der Waals surface area contributed by atoms with E-state index in [0.29, 0.717) is 11.9 Å². The van der Waals surface area contributed by atoms with Crippen LogP contribution >= 0.6 is 11.8 Å². The van der Waals surface area contributed by atoms with Crippen molar-refractivity contribution in [1.29, 1.82) is 0 Å². The Kier molecular flexibility index (Phi) is 3.35. The Morgan fingerprint density at radius 2 is 2.42 bits per heavy atom. The molecular weight excluding hydrogens is 262 g/mol. The minimum Gasteiger partial charge on any atom is -0.459 e. The average molecular weight is 281 g/mol. The summed E-state index contributed by atoms with van der Waals surface area (Å²) in [6, 6.07) is 1.83. The Morgan fingerprint density at radius 1 is 1.63 bits per heavy atom. The number of hydrogen-bond donors (Lipinski definition) is 0. The first-order valence-electron chi connectivity index (χ1n) is 6.72. The predicted octanol–water partition coefficient (Wildman–Crippen LogP) is 2.32. The third-order valence-electron chi connectivity index (χ3n) is 3.88. The number of hydrogen-bond acceptors (Lipinski definition) is 4. The molecular formula is C14H19NO3S. The summed E-state index contributed by atoms with van der Waals surface area (Å²) in [6.45, 7) is 6.35. The monoisotopic (exact) mass is 281 g/mol. The summed E-state index contributed by atoms with van der Waals surface area (Å²) in [6.07, 6.45) is 3.00. The Balaban J connectivity index is 1.59. The molecule has 0 saturated carbocycles. The molecule has 0 unspecified atom stereocenters. The zero-order valence-corrected chi connectivity index (χ0v) is 12.2. The number of carbonyl (C=O) groups is 1. The number of amides is 1. The van der Waals surface area contributed by atoms with Crippen LogP contribution in [0.1, 0.15) is 29.5 Å². The van der Waals surface area contributed by atoms with Crippen LogP contribution in [0.25, 0.3) is 0 Å². The topological polar surface area (TPSA) is 42.7 Å². The second kappa shape index (κ2) is 4.87. The minimum atomic E-state index is 0.0218. The summed E-state index contributed by atoms with van der Waals surface area (Å²) < 4.78 is 11.2. The SMILES string of the molecule is CCO[C@@H]1CSC2(C1)CN(C(=O)c1occc1C)C2. The van der Waals surface area contributed by atoms with Crippen molar-refractivity contribution in [3.63, 3.8) is 0 Å². The Labute approximate surface area is 117 Å². The normalized spacial score (nSPS) is 24.7. The summed E-state index contributed by atoms with van der Waals surface area (Å²) in [4.78, 5) is 14.1. The number of nitrogens with zero attached hydrogens (tertiary/aromatic N) is 1. The van der Waals surface area contributed by atoms with Crippen molar-refractivity contribution in [2.75, 3.05) is 25.4 Å². The number of thioether (sulfide) groups is 1. The van der Waals surface area contributed by atoms with Crippen molar-refractivity contribution in [3.05, 3.63) is 23.7 Å². The fourth-order valence-electron chi connectivity index (χ4n) is 2.89. The van der Waals surface area contributed by atoms with Gasteiger partial charge in [0.05, 0.1) is 17.1 Å². The van der Waals surface area contributed by atoms with Gasteiger partial charge in [0, 0.05) is 31.0 Å². The van der Waals surface area contributed by atoms with E-state index < -0.39 is 0 Å². The third kappa shape index (κ3) is 2.30. The van der Waals surface area contributed by atoms with Crippen LogP contribution in [-0.4, -0.2) is 47.1 Å². The molecule has 1 aromatic rings. The molecule has 0 aliphatic carbocycles. The van der Waals surface area contributed by atoms with Crippen molar-refractivity contribution < 1.29 is 13.9 Å². The number of furan rings is 1. The van der Waals surface area contributed by atoms with Crippen LogP contribution in [0, 0.1) is 6.92 Å². The van der Waals surface area contributed by atoms with Crippen LogP contribution in [0.2, 0.25) is 0 Å². The molecule has 2 saturated heterocycles. The van der Waals surface area contributed by atoms with Crippen LogP contribution in [0.5, 0.6) is 0 Å². The van der Waals surface area contributed by atoms with Crippen LogP contribution in [0.15, 0.2) is 16.7 Å². The summed E-state index contributed by atoms with van der Waals surface area (Å²) in [7, 11) is 0. The number of carbonyl (C=O) groups excluding carboxylic acids is 1. The van der Waals surface area contributed by atoms with E-state index in [1.54, 1.807) is 6.26 Å². The summed E-state index contributed by atoms with van der Waals surface area (Å²) in [5.41, 5.74) is 0.914. The first kappa shape index (κ1) is 13.1. The molecule has 2 fully saturated rings. The largest absolute Gasteiger partial charge is 0.459 e. The highest BCUT2D eigenvalue weighted by Crippen LogP contribution is 2.46. The molecule has 0 radical (unpaired) electrons. The second-order valence-corrected chi connectivity index (χ2v) is 6.86. The third-order valence-corrected chi connectivity index (χ3v) is 5.45. The maximum absolute atomic E-state index is 12.2. The molecule has 0 bridgehead atoms. The highest BCUT2D eigenvalue weighted by Gasteiger charge is 2.51. The van der Waals surface area contributed by atoms with Gasteiger partial charge in [-0.05, 0) is 26.3 Å². The molecule has 0 N–H and O–H groups in total. The lowest BCUT2D eigenvalue weighted by Gasteiger charge is -2.47. The van der Waals surface area contributed by atoms with E-state index in [4.69, 9.17) is 9.15 Å². The van der Waals surface area contributed by atoms with Gasteiger partial charge in [0.1, 0.15) is 0 Å². The van der Waals surface area contributed by atoms with E-state index in [0.717, 1.165) is 37.4 Å². The van der Waals surface area contributed by atoms with E-state index in [-0.39, 0.29) is 10.7 Å². The van der Waals surface area contributed by atoms with Crippen LogP contribution < -0.4 is 0 Å². The van der Waals surface area contributed by atoms with Gasteiger partial charge in [0.25, 0.3) is 5.91 Å². The van der Waals surface area contributed by atoms with Crippen LogP contribution in [0.3, 0.4) is 0 Å². The van der Waals surface area contributed by atoms with Crippen molar-refractivity contribution in [2.24, 2.45) is 0 Å². The number of ether oxygens (including phenoxy) is 1. The second-order valence-electron chi connectivity index (χ2n) is 5.37. The molecule has 1 amide bonds. The van der Waals surface area contributed by atoms with Gasteiger partial charge in [-0.3, -0.25) is 4.79 Å². The standard InChI is InChI=1S/C14H19NO3S/c1-3-17-11-6-14(19-7-11)8-15(9-14)13(16)12-10(2)4-5-18-12/h4-5,11H,3,6-9H2,1-2H3/t11-/m0/s1. The molecule has 5 heteroatoms. The van der Waals surface area contributed by atoms with Crippen molar-refractivity contribution in [2.45, 2.75) is 31.1 Å². The Hall–Kier alpha value is -0.940. The first-order chi connectivity index (χ1) is 9.13. The van der Waals surface area contributed by atoms with Crippen molar-refractivity contribution in [1.82, 2.24) is 4.90 Å². The number of rotatable bonds is 3.